The van der Waals surface area contributed by atoms with Crippen LogP contribution >= 0.6 is 0 Å². The highest BCUT2D eigenvalue weighted by atomic mass is 16.5. The van der Waals surface area contributed by atoms with E-state index in [-0.39, 0.29) is 24.9 Å². The van der Waals surface area contributed by atoms with Crippen LogP contribution < -0.4 is 15.4 Å². The number of benzene rings is 1. The molecule has 3 N–H and O–H groups in total. The molecule has 2 saturated heterocycles. The average Bonchev–Trinajstić information content (AvgIpc) is 3.12. The normalized spacial score (nSPS) is 26.9. The zero-order chi connectivity index (χ0) is 24.8. The van der Waals surface area contributed by atoms with Crippen molar-refractivity contribution < 1.29 is 24.2 Å². The lowest BCUT2D eigenvalue weighted by atomic mass is 9.90. The first-order valence-corrected chi connectivity index (χ1v) is 12.4. The molecule has 2 aliphatic heterocycles. The molecule has 3 fully saturated rings. The summed E-state index contributed by atoms with van der Waals surface area (Å²) in [7, 11) is 1.88. The van der Waals surface area contributed by atoms with Crippen LogP contribution in [0.15, 0.2) is 24.3 Å². The number of likely N-dealkylation sites (tertiary alicyclic amines) is 1. The molecule has 1 saturated carbocycles. The predicted octanol–water partition coefficient (Wildman–Crippen LogP) is 2.45. The first kappa shape index (κ1) is 25.1. The van der Waals surface area contributed by atoms with Crippen LogP contribution in [0.4, 0.5) is 9.59 Å². The summed E-state index contributed by atoms with van der Waals surface area (Å²) in [5, 5.41) is 23.9. The van der Waals surface area contributed by atoms with Crippen LogP contribution in [0.3, 0.4) is 0 Å². The minimum absolute atomic E-state index is 0.0755. The maximum absolute atomic E-state index is 12.9. The standard InChI is InChI=1S/C25H35N5O5/c1-29(24(31)28-22-4-2-3-11-34-22)23-18-7-8-19(23)14-30(13-18)15-20(27-25(32)33)16-35-21-9-5-17(12-26)6-10-21/h5-6,9-10,18-20,22-23,27H,2-4,7-8,11,13-16H2,1H3,(H,28,31)(H,32,33)/t18?,19?,20-,22?,23?/m0/s1. The number of carbonyl (C=O) groups excluding carboxylic acids is 1. The van der Waals surface area contributed by atoms with E-state index in [9.17, 15) is 14.7 Å². The predicted molar refractivity (Wildman–Crippen MR) is 128 cm³/mol. The van der Waals surface area contributed by atoms with Crippen LogP contribution in [0.25, 0.3) is 0 Å². The molecule has 0 radical (unpaired) electrons. The summed E-state index contributed by atoms with van der Waals surface area (Å²) in [6.45, 7) is 3.05. The molecule has 1 aromatic rings. The average molecular weight is 486 g/mol. The van der Waals surface area contributed by atoms with E-state index < -0.39 is 12.1 Å². The van der Waals surface area contributed by atoms with Crippen LogP contribution in [-0.4, -0.2) is 85.2 Å². The molecule has 4 atom stereocenters. The lowest BCUT2D eigenvalue weighted by Gasteiger charge is -2.43. The van der Waals surface area contributed by atoms with E-state index in [1.165, 1.54) is 0 Å². The molecule has 0 aromatic heterocycles. The van der Waals surface area contributed by atoms with Gasteiger partial charge in [0.2, 0.25) is 0 Å². The molecule has 3 aliphatic rings. The Kier molecular flexibility index (Phi) is 8.31. The molecule has 2 heterocycles. The Labute approximate surface area is 206 Å². The molecule has 3 amide bonds. The molecular weight excluding hydrogens is 450 g/mol. The van der Waals surface area contributed by atoms with Gasteiger partial charge in [0.15, 0.2) is 0 Å². The summed E-state index contributed by atoms with van der Waals surface area (Å²) in [6.07, 6.45) is 3.80. The van der Waals surface area contributed by atoms with Crippen molar-refractivity contribution in [1.82, 2.24) is 20.4 Å². The number of urea groups is 1. The molecule has 190 valence electrons. The molecule has 1 aromatic carbocycles. The fourth-order valence-corrected chi connectivity index (χ4v) is 5.75. The third-order valence-corrected chi connectivity index (χ3v) is 7.33. The number of amides is 3. The first-order valence-electron chi connectivity index (χ1n) is 12.4. The van der Waals surface area contributed by atoms with Crippen LogP contribution in [0.1, 0.15) is 37.7 Å². The second kappa shape index (κ2) is 11.6. The van der Waals surface area contributed by atoms with Gasteiger partial charge in [-0.2, -0.15) is 5.26 Å². The van der Waals surface area contributed by atoms with Gasteiger partial charge in [0.1, 0.15) is 18.6 Å². The van der Waals surface area contributed by atoms with Crippen LogP contribution in [0.2, 0.25) is 0 Å². The number of nitrogens with one attached hydrogen (secondary N) is 2. The van der Waals surface area contributed by atoms with Crippen molar-refractivity contribution in [2.75, 3.05) is 39.9 Å². The zero-order valence-corrected chi connectivity index (χ0v) is 20.2. The number of hydrogen-bond donors (Lipinski definition) is 3. The number of carboxylic acid groups (broad SMARTS) is 1. The van der Waals surface area contributed by atoms with Gasteiger partial charge < -0.3 is 35.0 Å². The van der Waals surface area contributed by atoms with Gasteiger partial charge in [-0.25, -0.2) is 9.59 Å². The summed E-state index contributed by atoms with van der Waals surface area (Å²) < 4.78 is 11.5. The summed E-state index contributed by atoms with van der Waals surface area (Å²) in [4.78, 5) is 28.4. The minimum atomic E-state index is -1.09. The topological polar surface area (TPSA) is 127 Å². The Morgan fingerprint density at radius 3 is 2.54 bits per heavy atom. The van der Waals surface area contributed by atoms with E-state index in [1.54, 1.807) is 24.3 Å². The van der Waals surface area contributed by atoms with Crippen molar-refractivity contribution in [3.05, 3.63) is 29.8 Å². The van der Waals surface area contributed by atoms with Crippen molar-refractivity contribution in [2.45, 2.75) is 50.4 Å². The lowest BCUT2D eigenvalue weighted by Crippen LogP contribution is -2.58. The number of carbonyl (C=O) groups is 2. The van der Waals surface area contributed by atoms with Gasteiger partial charge in [-0.1, -0.05) is 0 Å². The van der Waals surface area contributed by atoms with Gasteiger partial charge >= 0.3 is 12.1 Å². The SMILES string of the molecule is CN(C(=O)NC1CCCCO1)C1C2CCC1CN(C[C@@H](COc1ccc(C#N)cc1)NC(=O)O)C2. The fraction of sp³-hybridized carbons (Fsp3) is 0.640. The quantitative estimate of drug-likeness (QED) is 0.516. The number of piperidine rings is 1. The highest BCUT2D eigenvalue weighted by Gasteiger charge is 2.45. The van der Waals surface area contributed by atoms with Crippen molar-refractivity contribution in [1.29, 1.82) is 5.26 Å². The van der Waals surface area contributed by atoms with E-state index in [2.05, 4.69) is 21.6 Å². The molecule has 35 heavy (non-hydrogen) atoms. The van der Waals surface area contributed by atoms with Crippen molar-refractivity contribution >= 4 is 12.1 Å². The Morgan fingerprint density at radius 2 is 1.94 bits per heavy atom. The summed E-state index contributed by atoms with van der Waals surface area (Å²) >= 11 is 0. The molecule has 10 heteroatoms. The minimum Gasteiger partial charge on any atom is -0.491 e. The Balaban J connectivity index is 1.31. The number of rotatable bonds is 8. The Morgan fingerprint density at radius 1 is 1.23 bits per heavy atom. The molecule has 3 unspecified atom stereocenters. The third-order valence-electron chi connectivity index (χ3n) is 7.33. The first-order chi connectivity index (χ1) is 16.9. The monoisotopic (exact) mass is 485 g/mol. The molecular formula is C25H35N5O5. The Bertz CT molecular complexity index is 900. The van der Waals surface area contributed by atoms with E-state index in [0.29, 0.717) is 36.3 Å². The highest BCUT2D eigenvalue weighted by molar-refractivity contribution is 5.74. The van der Waals surface area contributed by atoms with E-state index in [0.717, 1.165) is 45.2 Å². The molecule has 0 spiro atoms. The molecule has 1 aliphatic carbocycles. The van der Waals surface area contributed by atoms with Gasteiger partial charge in [0.05, 0.1) is 17.7 Å². The third kappa shape index (κ3) is 6.55. The van der Waals surface area contributed by atoms with Crippen molar-refractivity contribution in [3.63, 3.8) is 0 Å². The number of ether oxygens (including phenoxy) is 2. The van der Waals surface area contributed by atoms with Crippen LogP contribution in [-0.2, 0) is 4.74 Å². The van der Waals surface area contributed by atoms with Crippen LogP contribution in [0, 0.1) is 23.2 Å². The van der Waals surface area contributed by atoms with Gasteiger partial charge in [0, 0.05) is 39.3 Å². The van der Waals surface area contributed by atoms with Gasteiger partial charge in [-0.15, -0.1) is 0 Å². The van der Waals surface area contributed by atoms with Crippen molar-refractivity contribution in [2.24, 2.45) is 11.8 Å². The summed E-state index contributed by atoms with van der Waals surface area (Å²) in [6, 6.07) is 8.53. The second-order valence-electron chi connectivity index (χ2n) is 9.82. The molecule has 2 bridgehead atoms. The maximum Gasteiger partial charge on any atom is 0.405 e. The smallest absolute Gasteiger partial charge is 0.405 e. The Hall–Kier alpha value is -3.03. The van der Waals surface area contributed by atoms with E-state index in [4.69, 9.17) is 14.7 Å². The van der Waals surface area contributed by atoms with E-state index in [1.807, 2.05) is 11.9 Å². The number of nitriles is 1. The number of hydrogen-bond acceptors (Lipinski definition) is 6. The van der Waals surface area contributed by atoms with Crippen molar-refractivity contribution in [3.8, 4) is 11.8 Å². The summed E-state index contributed by atoms with van der Waals surface area (Å²) in [5.41, 5.74) is 0.542. The van der Waals surface area contributed by atoms with Crippen LogP contribution in [0.5, 0.6) is 5.75 Å². The number of nitrogens with zero attached hydrogens (tertiary/aromatic N) is 3. The number of fused-ring (bicyclic) bond motifs is 2. The van der Waals surface area contributed by atoms with Gasteiger partial charge in [-0.3, -0.25) is 0 Å². The fourth-order valence-electron chi connectivity index (χ4n) is 5.75. The summed E-state index contributed by atoms with van der Waals surface area (Å²) in [5.74, 6) is 1.29. The molecule has 4 rings (SSSR count). The largest absolute Gasteiger partial charge is 0.491 e. The second-order valence-corrected chi connectivity index (χ2v) is 9.82. The lowest BCUT2D eigenvalue weighted by molar-refractivity contribution is -0.00416. The zero-order valence-electron chi connectivity index (χ0n) is 20.2. The maximum atomic E-state index is 12.9. The molecule has 10 nitrogen and oxygen atoms in total. The van der Waals surface area contributed by atoms with Gasteiger partial charge in [0.25, 0.3) is 0 Å². The van der Waals surface area contributed by atoms with Gasteiger partial charge in [-0.05, 0) is 68.2 Å². The highest BCUT2D eigenvalue weighted by Crippen LogP contribution is 2.39. The van der Waals surface area contributed by atoms with E-state index >= 15 is 0 Å².